The van der Waals surface area contributed by atoms with Crippen molar-refractivity contribution in [2.45, 2.75) is 38.2 Å². The van der Waals surface area contributed by atoms with Crippen LogP contribution in [0, 0.1) is 12.8 Å². The summed E-state index contributed by atoms with van der Waals surface area (Å²) in [5.41, 5.74) is 1.48. The predicted octanol–water partition coefficient (Wildman–Crippen LogP) is 1.63. The van der Waals surface area contributed by atoms with Crippen molar-refractivity contribution in [1.82, 2.24) is 14.8 Å². The Hall–Kier alpha value is -1.95. The summed E-state index contributed by atoms with van der Waals surface area (Å²) in [7, 11) is 0. The first-order valence-corrected chi connectivity index (χ1v) is 9.17. The van der Waals surface area contributed by atoms with Crippen molar-refractivity contribution in [2.75, 3.05) is 32.8 Å². The maximum absolute atomic E-state index is 12.5. The number of rotatable bonds is 3. The van der Waals surface area contributed by atoms with Crippen molar-refractivity contribution in [3.05, 3.63) is 29.6 Å². The molecule has 0 unspecified atom stereocenters. The number of ether oxygens (including phenoxy) is 1. The van der Waals surface area contributed by atoms with Gasteiger partial charge >= 0.3 is 0 Å². The first-order valence-electron chi connectivity index (χ1n) is 9.17. The molecule has 6 nitrogen and oxygen atoms in total. The van der Waals surface area contributed by atoms with Crippen LogP contribution in [0.5, 0.6) is 0 Å². The molecule has 1 aromatic heterocycles. The van der Waals surface area contributed by atoms with Crippen LogP contribution >= 0.6 is 0 Å². The number of hydrogen-bond acceptors (Lipinski definition) is 4. The summed E-state index contributed by atoms with van der Waals surface area (Å²) in [4.78, 5) is 32.2. The molecule has 0 saturated carbocycles. The zero-order chi connectivity index (χ0) is 17.4. The molecule has 25 heavy (non-hydrogen) atoms. The van der Waals surface area contributed by atoms with Crippen molar-refractivity contribution in [2.24, 2.45) is 5.92 Å². The lowest BCUT2D eigenvalue weighted by Crippen LogP contribution is -2.66. The number of nitrogens with zero attached hydrogens (tertiary/aromatic N) is 3. The molecule has 0 aliphatic carbocycles. The molecule has 1 aromatic rings. The minimum Gasteiger partial charge on any atom is -0.371 e. The van der Waals surface area contributed by atoms with Crippen LogP contribution in [-0.4, -0.2) is 65.0 Å². The lowest BCUT2D eigenvalue weighted by Gasteiger charge is -2.53. The summed E-state index contributed by atoms with van der Waals surface area (Å²) in [5, 5.41) is 0. The molecule has 0 bridgehead atoms. The van der Waals surface area contributed by atoms with E-state index in [0.29, 0.717) is 37.6 Å². The van der Waals surface area contributed by atoms with Gasteiger partial charge in [0.1, 0.15) is 5.60 Å². The molecule has 6 heteroatoms. The van der Waals surface area contributed by atoms with Crippen molar-refractivity contribution in [3.63, 3.8) is 0 Å². The number of aromatic nitrogens is 1. The van der Waals surface area contributed by atoms with Gasteiger partial charge in [0.05, 0.1) is 25.3 Å². The van der Waals surface area contributed by atoms with Crippen LogP contribution in [0.25, 0.3) is 0 Å². The minimum atomic E-state index is -0.168. The predicted molar refractivity (Wildman–Crippen MR) is 92.1 cm³/mol. The van der Waals surface area contributed by atoms with E-state index in [4.69, 9.17) is 4.74 Å². The Bertz CT molecular complexity index is 674. The summed E-state index contributed by atoms with van der Waals surface area (Å²) in [6.45, 7) is 5.68. The van der Waals surface area contributed by atoms with E-state index in [2.05, 4.69) is 4.98 Å². The van der Waals surface area contributed by atoms with Gasteiger partial charge in [-0.05, 0) is 37.8 Å². The number of amides is 2. The van der Waals surface area contributed by atoms with Gasteiger partial charge in [-0.15, -0.1) is 0 Å². The summed E-state index contributed by atoms with van der Waals surface area (Å²) in [6, 6.07) is 1.88. The second-order valence-corrected chi connectivity index (χ2v) is 7.75. The van der Waals surface area contributed by atoms with Crippen LogP contribution in [-0.2, 0) is 9.53 Å². The SMILES string of the molecule is Cc1cncc(C(=O)N2CC3(CC[C@@H](CN4CCCC4=O)CO3)C2)c1. The Labute approximate surface area is 148 Å². The molecule has 0 N–H and O–H groups in total. The van der Waals surface area contributed by atoms with E-state index in [1.807, 2.05) is 22.8 Å². The topological polar surface area (TPSA) is 62.7 Å². The molecule has 3 fully saturated rings. The summed E-state index contributed by atoms with van der Waals surface area (Å²) >= 11 is 0. The van der Waals surface area contributed by atoms with Crippen LogP contribution in [0.2, 0.25) is 0 Å². The average molecular weight is 343 g/mol. The van der Waals surface area contributed by atoms with E-state index in [0.717, 1.165) is 37.9 Å². The smallest absolute Gasteiger partial charge is 0.255 e. The molecule has 0 aromatic carbocycles. The van der Waals surface area contributed by atoms with E-state index >= 15 is 0 Å². The van der Waals surface area contributed by atoms with Gasteiger partial charge in [0.15, 0.2) is 0 Å². The number of likely N-dealkylation sites (tertiary alicyclic amines) is 2. The second-order valence-electron chi connectivity index (χ2n) is 7.75. The van der Waals surface area contributed by atoms with Crippen LogP contribution in [0.1, 0.15) is 41.6 Å². The number of aryl methyl sites for hydroxylation is 1. The van der Waals surface area contributed by atoms with Gasteiger partial charge in [0.25, 0.3) is 5.91 Å². The third kappa shape index (κ3) is 3.27. The Morgan fingerprint density at radius 3 is 2.88 bits per heavy atom. The van der Waals surface area contributed by atoms with E-state index < -0.39 is 0 Å². The molecule has 0 radical (unpaired) electrons. The largest absolute Gasteiger partial charge is 0.371 e. The molecule has 4 rings (SSSR count). The molecule has 3 saturated heterocycles. The van der Waals surface area contributed by atoms with Gasteiger partial charge in [0.2, 0.25) is 5.91 Å². The minimum absolute atomic E-state index is 0.0372. The molecular formula is C19H25N3O3. The second kappa shape index (κ2) is 6.41. The van der Waals surface area contributed by atoms with Gasteiger partial charge < -0.3 is 14.5 Å². The summed E-state index contributed by atoms with van der Waals surface area (Å²) < 4.78 is 6.15. The zero-order valence-electron chi connectivity index (χ0n) is 14.7. The Morgan fingerprint density at radius 2 is 2.24 bits per heavy atom. The Balaban J connectivity index is 1.28. The molecule has 3 aliphatic heterocycles. The highest BCUT2D eigenvalue weighted by molar-refractivity contribution is 5.94. The van der Waals surface area contributed by atoms with Crippen LogP contribution in [0.3, 0.4) is 0 Å². The van der Waals surface area contributed by atoms with Crippen molar-refractivity contribution in [3.8, 4) is 0 Å². The van der Waals surface area contributed by atoms with Crippen LogP contribution in [0.4, 0.5) is 0 Å². The maximum atomic E-state index is 12.5. The third-order valence-electron chi connectivity index (χ3n) is 5.65. The fraction of sp³-hybridized carbons (Fsp3) is 0.632. The molecule has 3 aliphatic rings. The molecule has 1 atom stereocenters. The number of carbonyl (C=O) groups is 2. The lowest BCUT2D eigenvalue weighted by atomic mass is 9.82. The standard InChI is InChI=1S/C19H25N3O3/c1-14-7-16(9-20-8-14)18(24)22-12-19(13-22)5-4-15(11-25-19)10-21-6-2-3-17(21)23/h7-9,15H,2-6,10-13H2,1H3/t15-/m0/s1. The van der Waals surface area contributed by atoms with Gasteiger partial charge in [0, 0.05) is 37.8 Å². The van der Waals surface area contributed by atoms with Crippen molar-refractivity contribution >= 4 is 11.8 Å². The monoisotopic (exact) mass is 343 g/mol. The van der Waals surface area contributed by atoms with Gasteiger partial charge in [-0.1, -0.05) is 0 Å². The number of carbonyl (C=O) groups excluding carboxylic acids is 2. The maximum Gasteiger partial charge on any atom is 0.255 e. The van der Waals surface area contributed by atoms with Crippen molar-refractivity contribution < 1.29 is 14.3 Å². The number of hydrogen-bond donors (Lipinski definition) is 0. The van der Waals surface area contributed by atoms with E-state index in [-0.39, 0.29) is 17.4 Å². The zero-order valence-corrected chi connectivity index (χ0v) is 14.7. The Morgan fingerprint density at radius 1 is 1.40 bits per heavy atom. The quantitative estimate of drug-likeness (QED) is 0.837. The highest BCUT2D eigenvalue weighted by atomic mass is 16.5. The fourth-order valence-corrected chi connectivity index (χ4v) is 4.17. The summed E-state index contributed by atoms with van der Waals surface area (Å²) in [6.07, 6.45) is 7.10. The van der Waals surface area contributed by atoms with E-state index in [1.165, 1.54) is 0 Å². The highest BCUT2D eigenvalue weighted by Crippen LogP contribution is 2.37. The van der Waals surface area contributed by atoms with Crippen LogP contribution in [0.15, 0.2) is 18.5 Å². The molecule has 134 valence electrons. The van der Waals surface area contributed by atoms with Gasteiger partial charge in [-0.25, -0.2) is 0 Å². The molecule has 1 spiro atoms. The summed E-state index contributed by atoms with van der Waals surface area (Å²) in [5.74, 6) is 0.751. The lowest BCUT2D eigenvalue weighted by molar-refractivity contribution is -0.169. The van der Waals surface area contributed by atoms with E-state index in [1.54, 1.807) is 12.4 Å². The van der Waals surface area contributed by atoms with Crippen molar-refractivity contribution in [1.29, 1.82) is 0 Å². The average Bonchev–Trinajstić information content (AvgIpc) is 2.98. The Kier molecular flexibility index (Phi) is 4.23. The van der Waals surface area contributed by atoms with Crippen LogP contribution < -0.4 is 0 Å². The van der Waals surface area contributed by atoms with E-state index in [9.17, 15) is 9.59 Å². The molecular weight excluding hydrogens is 318 g/mol. The molecule has 2 amide bonds. The van der Waals surface area contributed by atoms with Gasteiger partial charge in [-0.3, -0.25) is 14.6 Å². The fourth-order valence-electron chi connectivity index (χ4n) is 4.17. The first kappa shape index (κ1) is 16.5. The normalized spacial score (nSPS) is 25.3. The number of pyridine rings is 1. The third-order valence-corrected chi connectivity index (χ3v) is 5.65. The van der Waals surface area contributed by atoms with Gasteiger partial charge in [-0.2, -0.15) is 0 Å². The highest BCUT2D eigenvalue weighted by Gasteiger charge is 2.48. The first-order chi connectivity index (χ1) is 12.0. The molecule has 4 heterocycles.